The summed E-state index contributed by atoms with van der Waals surface area (Å²) >= 11 is 0. The minimum atomic E-state index is 0. The smallest absolute Gasteiger partial charge is 0.193 e. The summed E-state index contributed by atoms with van der Waals surface area (Å²) in [7, 11) is 0. The summed E-state index contributed by atoms with van der Waals surface area (Å²) in [5, 5.41) is 3.16. The van der Waals surface area contributed by atoms with E-state index in [0.717, 1.165) is 18.8 Å². The number of nitrogens with zero attached hydrogens (tertiary/aromatic N) is 2. The van der Waals surface area contributed by atoms with Crippen molar-refractivity contribution in [3.8, 4) is 0 Å². The van der Waals surface area contributed by atoms with Crippen molar-refractivity contribution in [2.45, 2.75) is 26.8 Å². The van der Waals surface area contributed by atoms with Gasteiger partial charge in [-0.2, -0.15) is 0 Å². The van der Waals surface area contributed by atoms with E-state index in [4.69, 9.17) is 5.73 Å². The number of likely N-dealkylation sites (N-methyl/N-ethyl adjacent to an activating group) is 1. The molecule has 0 saturated heterocycles. The first-order chi connectivity index (χ1) is 11.6. The van der Waals surface area contributed by atoms with Crippen molar-refractivity contribution in [3.05, 3.63) is 65.7 Å². The normalized spacial score (nSPS) is 12.6. The van der Waals surface area contributed by atoms with E-state index >= 15 is 0 Å². The zero-order valence-corrected chi connectivity index (χ0v) is 17.6. The van der Waals surface area contributed by atoms with Gasteiger partial charge in [-0.15, -0.1) is 24.0 Å². The van der Waals surface area contributed by atoms with Gasteiger partial charge in [0.2, 0.25) is 0 Å². The van der Waals surface area contributed by atoms with Gasteiger partial charge in [0.1, 0.15) is 0 Å². The molecule has 0 aromatic heterocycles. The van der Waals surface area contributed by atoms with Crippen molar-refractivity contribution >= 4 is 35.6 Å². The highest BCUT2D eigenvalue weighted by Crippen LogP contribution is 2.20. The Kier molecular flexibility index (Phi) is 9.52. The van der Waals surface area contributed by atoms with Crippen LogP contribution in [-0.4, -0.2) is 30.5 Å². The summed E-state index contributed by atoms with van der Waals surface area (Å²) in [4.78, 5) is 6.98. The number of anilines is 1. The van der Waals surface area contributed by atoms with Gasteiger partial charge in [-0.1, -0.05) is 61.9 Å². The fraction of sp³-hybridized carbons (Fsp3) is 0.350. The maximum atomic E-state index is 6.07. The lowest BCUT2D eigenvalue weighted by Gasteiger charge is -2.29. The number of rotatable bonds is 7. The molecule has 0 aliphatic carbocycles. The lowest BCUT2D eigenvalue weighted by Crippen LogP contribution is -2.32. The molecule has 2 aromatic rings. The molecule has 0 aliphatic heterocycles. The monoisotopic (exact) mass is 452 g/mol. The molecular formula is C20H29IN4. The van der Waals surface area contributed by atoms with Crippen molar-refractivity contribution in [2.24, 2.45) is 10.7 Å². The average Bonchev–Trinajstić information content (AvgIpc) is 2.61. The second-order valence-electron chi connectivity index (χ2n) is 5.86. The molecule has 2 rings (SSSR count). The molecule has 3 N–H and O–H groups in total. The Balaban J connectivity index is 0.00000312. The molecule has 4 nitrogen and oxygen atoms in total. The highest BCUT2D eigenvalue weighted by Gasteiger charge is 2.17. The number of hydrogen-bond donors (Lipinski definition) is 2. The van der Waals surface area contributed by atoms with Crippen LogP contribution in [0.4, 0.5) is 5.69 Å². The molecule has 0 heterocycles. The van der Waals surface area contributed by atoms with Gasteiger partial charge < -0.3 is 11.1 Å². The average molecular weight is 452 g/mol. The lowest BCUT2D eigenvalue weighted by atomic mass is 10.1. The third-order valence-corrected chi connectivity index (χ3v) is 4.20. The Labute approximate surface area is 168 Å². The maximum Gasteiger partial charge on any atom is 0.193 e. The summed E-state index contributed by atoms with van der Waals surface area (Å²) in [6.07, 6.45) is 0. The predicted octanol–water partition coefficient (Wildman–Crippen LogP) is 4.42. The van der Waals surface area contributed by atoms with E-state index in [1.807, 2.05) is 18.2 Å². The van der Waals surface area contributed by atoms with Crippen LogP contribution in [0.15, 0.2) is 59.6 Å². The molecule has 2 aromatic carbocycles. The SMILES string of the molecule is CCN(CC)C(CN=C(N)Nc1ccc(C)cc1)c1ccccc1.I. The minimum Gasteiger partial charge on any atom is -0.370 e. The molecule has 0 fully saturated rings. The van der Waals surface area contributed by atoms with Crippen LogP contribution >= 0.6 is 24.0 Å². The highest BCUT2D eigenvalue weighted by molar-refractivity contribution is 14.0. The summed E-state index contributed by atoms with van der Waals surface area (Å²) in [5.74, 6) is 0.451. The number of aliphatic imine (C=N–C) groups is 1. The van der Waals surface area contributed by atoms with Gasteiger partial charge in [-0.3, -0.25) is 9.89 Å². The van der Waals surface area contributed by atoms with Gasteiger partial charge in [0.05, 0.1) is 12.6 Å². The molecule has 5 heteroatoms. The van der Waals surface area contributed by atoms with E-state index in [1.165, 1.54) is 11.1 Å². The summed E-state index contributed by atoms with van der Waals surface area (Å²) < 4.78 is 0. The zero-order chi connectivity index (χ0) is 17.4. The predicted molar refractivity (Wildman–Crippen MR) is 119 cm³/mol. The summed E-state index contributed by atoms with van der Waals surface area (Å²) in [6, 6.07) is 18.9. The number of aryl methyl sites for hydroxylation is 1. The third kappa shape index (κ3) is 6.66. The van der Waals surface area contributed by atoms with Crippen LogP contribution in [0.3, 0.4) is 0 Å². The number of nitrogens with one attached hydrogen (secondary N) is 1. The van der Waals surface area contributed by atoms with Crippen LogP contribution in [0, 0.1) is 6.92 Å². The highest BCUT2D eigenvalue weighted by atomic mass is 127. The summed E-state index contributed by atoms with van der Waals surface area (Å²) in [6.45, 7) is 9.02. The van der Waals surface area contributed by atoms with Crippen molar-refractivity contribution in [1.29, 1.82) is 0 Å². The van der Waals surface area contributed by atoms with Gasteiger partial charge in [0.15, 0.2) is 5.96 Å². The number of nitrogens with two attached hydrogens (primary N) is 1. The Morgan fingerprint density at radius 2 is 1.64 bits per heavy atom. The van der Waals surface area contributed by atoms with E-state index in [1.54, 1.807) is 0 Å². The van der Waals surface area contributed by atoms with Crippen molar-refractivity contribution in [3.63, 3.8) is 0 Å². The topological polar surface area (TPSA) is 53.6 Å². The lowest BCUT2D eigenvalue weighted by molar-refractivity contribution is 0.224. The Morgan fingerprint density at radius 3 is 2.20 bits per heavy atom. The number of benzene rings is 2. The van der Waals surface area contributed by atoms with Gasteiger partial charge in [-0.05, 0) is 37.7 Å². The Bertz CT molecular complexity index is 637. The second kappa shape index (κ2) is 11.1. The molecule has 25 heavy (non-hydrogen) atoms. The fourth-order valence-corrected chi connectivity index (χ4v) is 2.78. The van der Waals surface area contributed by atoms with E-state index in [9.17, 15) is 0 Å². The number of hydrogen-bond acceptors (Lipinski definition) is 2. The first-order valence-electron chi connectivity index (χ1n) is 8.56. The van der Waals surface area contributed by atoms with E-state index in [0.29, 0.717) is 12.5 Å². The van der Waals surface area contributed by atoms with Crippen LogP contribution < -0.4 is 11.1 Å². The van der Waals surface area contributed by atoms with Crippen LogP contribution in [0.5, 0.6) is 0 Å². The van der Waals surface area contributed by atoms with Gasteiger partial charge in [-0.25, -0.2) is 0 Å². The molecule has 136 valence electrons. The van der Waals surface area contributed by atoms with E-state index in [-0.39, 0.29) is 30.0 Å². The fourth-order valence-electron chi connectivity index (χ4n) is 2.78. The maximum absolute atomic E-state index is 6.07. The Hall–Kier alpha value is -1.60. The molecule has 0 bridgehead atoms. The molecule has 0 radical (unpaired) electrons. The third-order valence-electron chi connectivity index (χ3n) is 4.20. The molecule has 1 atom stereocenters. The first kappa shape index (κ1) is 21.4. The molecule has 0 aliphatic rings. The van der Waals surface area contributed by atoms with Gasteiger partial charge in [0.25, 0.3) is 0 Å². The molecule has 0 spiro atoms. The quantitative estimate of drug-likeness (QED) is 0.372. The first-order valence-corrected chi connectivity index (χ1v) is 8.56. The number of halogens is 1. The largest absolute Gasteiger partial charge is 0.370 e. The standard InChI is InChI=1S/C20H28N4.HI/c1-4-24(5-2)19(17-9-7-6-8-10-17)15-22-20(21)23-18-13-11-16(3)12-14-18;/h6-14,19H,4-5,15H2,1-3H3,(H3,21,22,23);1H. The minimum absolute atomic E-state index is 0. The zero-order valence-electron chi connectivity index (χ0n) is 15.3. The number of guanidine groups is 1. The van der Waals surface area contributed by atoms with Crippen LogP contribution in [-0.2, 0) is 0 Å². The van der Waals surface area contributed by atoms with Crippen molar-refractivity contribution in [1.82, 2.24) is 4.90 Å². The van der Waals surface area contributed by atoms with Gasteiger partial charge >= 0.3 is 0 Å². The van der Waals surface area contributed by atoms with Gasteiger partial charge in [0, 0.05) is 5.69 Å². The van der Waals surface area contributed by atoms with E-state index < -0.39 is 0 Å². The molecule has 1 unspecified atom stereocenters. The van der Waals surface area contributed by atoms with Crippen LogP contribution in [0.25, 0.3) is 0 Å². The molecular weight excluding hydrogens is 423 g/mol. The second-order valence-corrected chi connectivity index (χ2v) is 5.86. The molecule has 0 amide bonds. The Morgan fingerprint density at radius 1 is 1.04 bits per heavy atom. The van der Waals surface area contributed by atoms with Crippen molar-refractivity contribution in [2.75, 3.05) is 25.0 Å². The van der Waals surface area contributed by atoms with Crippen LogP contribution in [0.2, 0.25) is 0 Å². The van der Waals surface area contributed by atoms with Crippen molar-refractivity contribution < 1.29 is 0 Å². The van der Waals surface area contributed by atoms with Crippen LogP contribution in [0.1, 0.15) is 31.0 Å². The van der Waals surface area contributed by atoms with E-state index in [2.05, 4.69) is 72.4 Å². The summed E-state index contributed by atoms with van der Waals surface area (Å²) in [5.41, 5.74) is 9.53. The molecule has 0 saturated carbocycles.